The highest BCUT2D eigenvalue weighted by Gasteiger charge is 2.13. The Labute approximate surface area is 158 Å². The number of aryl methyl sites for hydroxylation is 1. The van der Waals surface area contributed by atoms with Crippen molar-refractivity contribution in [1.29, 1.82) is 0 Å². The van der Waals surface area contributed by atoms with E-state index in [1.807, 2.05) is 37.3 Å². The topological polar surface area (TPSA) is 69.6 Å². The van der Waals surface area contributed by atoms with Crippen LogP contribution in [0.4, 0.5) is 5.69 Å². The fraction of sp³-hybridized carbons (Fsp3) is 0.0556. The van der Waals surface area contributed by atoms with Crippen molar-refractivity contribution < 1.29 is 15.0 Å². The first-order valence-electron chi connectivity index (χ1n) is 7.30. The molecular formula is C18H14ClNO3S2. The fourth-order valence-corrected chi connectivity index (χ4v) is 4.58. The first kappa shape index (κ1) is 17.7. The molecule has 0 saturated heterocycles. The molecule has 3 aromatic rings. The maximum absolute atomic E-state index is 10.9. The van der Waals surface area contributed by atoms with E-state index < -0.39 is 5.97 Å². The van der Waals surface area contributed by atoms with E-state index in [0.29, 0.717) is 10.0 Å². The Hall–Kier alpha value is -2.15. The molecule has 4 nitrogen and oxygen atoms in total. The van der Waals surface area contributed by atoms with Gasteiger partial charge in [0.15, 0.2) is 0 Å². The minimum absolute atomic E-state index is 0.128. The van der Waals surface area contributed by atoms with Crippen LogP contribution in [0.5, 0.6) is 5.75 Å². The van der Waals surface area contributed by atoms with Gasteiger partial charge in [0, 0.05) is 17.3 Å². The van der Waals surface area contributed by atoms with E-state index in [9.17, 15) is 9.90 Å². The van der Waals surface area contributed by atoms with Crippen LogP contribution in [-0.4, -0.2) is 16.2 Å². The molecule has 25 heavy (non-hydrogen) atoms. The van der Waals surface area contributed by atoms with Gasteiger partial charge in [-0.2, -0.15) is 0 Å². The van der Waals surface area contributed by atoms with E-state index >= 15 is 0 Å². The van der Waals surface area contributed by atoms with Gasteiger partial charge in [0.1, 0.15) is 15.6 Å². The molecule has 7 heteroatoms. The Kier molecular flexibility index (Phi) is 5.22. The Morgan fingerprint density at radius 2 is 1.92 bits per heavy atom. The van der Waals surface area contributed by atoms with Gasteiger partial charge in [-0.25, -0.2) is 4.79 Å². The lowest BCUT2D eigenvalue weighted by molar-refractivity contribution is 0.0694. The van der Waals surface area contributed by atoms with Crippen molar-refractivity contribution in [2.24, 2.45) is 0 Å². The number of nitrogens with one attached hydrogen (secondary N) is 1. The molecule has 3 rings (SSSR count). The molecule has 0 aliphatic rings. The van der Waals surface area contributed by atoms with Crippen LogP contribution in [0.25, 0.3) is 11.1 Å². The normalized spacial score (nSPS) is 10.6. The van der Waals surface area contributed by atoms with E-state index in [4.69, 9.17) is 16.7 Å². The molecule has 2 aromatic carbocycles. The van der Waals surface area contributed by atoms with Crippen molar-refractivity contribution in [3.8, 4) is 16.9 Å². The first-order valence-corrected chi connectivity index (χ1v) is 9.31. The molecule has 3 N–H and O–H groups in total. The van der Waals surface area contributed by atoms with Gasteiger partial charge in [-0.3, -0.25) is 0 Å². The lowest BCUT2D eigenvalue weighted by Gasteiger charge is -2.06. The molecule has 0 aliphatic heterocycles. The van der Waals surface area contributed by atoms with E-state index in [1.165, 1.54) is 35.4 Å². The highest BCUT2D eigenvalue weighted by Crippen LogP contribution is 2.41. The monoisotopic (exact) mass is 391 g/mol. The quantitative estimate of drug-likeness (QED) is 0.472. The van der Waals surface area contributed by atoms with Crippen LogP contribution in [-0.2, 0) is 0 Å². The summed E-state index contributed by atoms with van der Waals surface area (Å²) in [5, 5.41) is 18.7. The lowest BCUT2D eigenvalue weighted by Crippen LogP contribution is -1.97. The van der Waals surface area contributed by atoms with Gasteiger partial charge in [0.05, 0.1) is 4.21 Å². The highest BCUT2D eigenvalue weighted by molar-refractivity contribution is 8.02. The smallest absolute Gasteiger partial charge is 0.339 e. The zero-order chi connectivity index (χ0) is 18.0. The number of thiophene rings is 1. The number of carboxylic acid groups (broad SMARTS) is 1. The molecule has 0 atom stereocenters. The van der Waals surface area contributed by atoms with Crippen LogP contribution >= 0.6 is 34.9 Å². The maximum atomic E-state index is 10.9. The average Bonchev–Trinajstić information content (AvgIpc) is 2.94. The standard InChI is InChI=1S/C18H14ClNO3S2/c1-10-4-2-3-5-12(10)14-9-16(24-17(14)19)25-20-11-6-7-13(18(22)23)15(21)8-11/h2-9,20-21H,1H3,(H,22,23). The zero-order valence-corrected chi connectivity index (χ0v) is 15.5. The summed E-state index contributed by atoms with van der Waals surface area (Å²) >= 11 is 9.20. The Balaban J connectivity index is 1.77. The summed E-state index contributed by atoms with van der Waals surface area (Å²) in [6.45, 7) is 2.04. The molecule has 0 bridgehead atoms. The SMILES string of the molecule is Cc1ccccc1-c1cc(SNc2ccc(C(=O)O)c(O)c2)sc1Cl. The summed E-state index contributed by atoms with van der Waals surface area (Å²) in [5.74, 6) is -1.44. The molecule has 1 aromatic heterocycles. The number of halogens is 1. The van der Waals surface area contributed by atoms with Gasteiger partial charge in [-0.1, -0.05) is 35.9 Å². The fourth-order valence-electron chi connectivity index (χ4n) is 2.34. The predicted molar refractivity (Wildman–Crippen MR) is 104 cm³/mol. The predicted octanol–water partition coefficient (Wildman–Crippen LogP) is 5.90. The number of aromatic carboxylic acids is 1. The van der Waals surface area contributed by atoms with Crippen molar-refractivity contribution in [3.05, 3.63) is 64.0 Å². The van der Waals surface area contributed by atoms with E-state index in [2.05, 4.69) is 4.72 Å². The van der Waals surface area contributed by atoms with Gasteiger partial charge in [-0.05, 0) is 48.2 Å². The second-order valence-electron chi connectivity index (χ2n) is 5.31. The van der Waals surface area contributed by atoms with Gasteiger partial charge < -0.3 is 14.9 Å². The third-order valence-electron chi connectivity index (χ3n) is 3.60. The number of aromatic hydroxyl groups is 1. The third kappa shape index (κ3) is 3.92. The minimum Gasteiger partial charge on any atom is -0.507 e. The minimum atomic E-state index is -1.16. The van der Waals surface area contributed by atoms with Crippen molar-refractivity contribution in [2.45, 2.75) is 11.1 Å². The summed E-state index contributed by atoms with van der Waals surface area (Å²) in [6, 6.07) is 14.4. The number of carboxylic acids is 1. The molecular weight excluding hydrogens is 378 g/mol. The second-order valence-corrected chi connectivity index (χ2v) is 8.07. The van der Waals surface area contributed by atoms with Crippen LogP contribution in [0.2, 0.25) is 4.34 Å². The van der Waals surface area contributed by atoms with E-state index in [1.54, 1.807) is 6.07 Å². The second kappa shape index (κ2) is 7.39. The first-order chi connectivity index (χ1) is 12.0. The number of benzene rings is 2. The zero-order valence-electron chi connectivity index (χ0n) is 13.1. The molecule has 0 unspecified atom stereocenters. The number of rotatable bonds is 5. The van der Waals surface area contributed by atoms with Crippen molar-refractivity contribution in [2.75, 3.05) is 4.72 Å². The lowest BCUT2D eigenvalue weighted by atomic mass is 10.0. The van der Waals surface area contributed by atoms with Crippen LogP contribution in [0.15, 0.2) is 52.7 Å². The summed E-state index contributed by atoms with van der Waals surface area (Å²) in [4.78, 5) is 10.9. The summed E-state index contributed by atoms with van der Waals surface area (Å²) in [7, 11) is 0. The van der Waals surface area contributed by atoms with E-state index in [0.717, 1.165) is 20.9 Å². The molecule has 0 aliphatic carbocycles. The number of phenols is 1. The number of hydrogen-bond donors (Lipinski definition) is 3. The third-order valence-corrected chi connectivity index (χ3v) is 5.91. The van der Waals surface area contributed by atoms with Gasteiger partial charge in [-0.15, -0.1) is 11.3 Å². The number of carbonyl (C=O) groups is 1. The highest BCUT2D eigenvalue weighted by atomic mass is 35.5. The van der Waals surface area contributed by atoms with Gasteiger partial charge >= 0.3 is 5.97 Å². The van der Waals surface area contributed by atoms with E-state index in [-0.39, 0.29) is 11.3 Å². The maximum Gasteiger partial charge on any atom is 0.339 e. The van der Waals surface area contributed by atoms with Crippen LogP contribution in [0.3, 0.4) is 0 Å². The molecule has 0 fully saturated rings. The van der Waals surface area contributed by atoms with Gasteiger partial charge in [0.2, 0.25) is 0 Å². The molecule has 0 spiro atoms. The summed E-state index contributed by atoms with van der Waals surface area (Å²) in [6.07, 6.45) is 0. The number of hydrogen-bond acceptors (Lipinski definition) is 5. The number of anilines is 1. The molecule has 0 amide bonds. The largest absolute Gasteiger partial charge is 0.507 e. The molecule has 0 saturated carbocycles. The van der Waals surface area contributed by atoms with Crippen LogP contribution in [0, 0.1) is 6.92 Å². The summed E-state index contributed by atoms with van der Waals surface area (Å²) in [5.41, 5.74) is 3.71. The van der Waals surface area contributed by atoms with Crippen molar-refractivity contribution in [3.63, 3.8) is 0 Å². The van der Waals surface area contributed by atoms with Crippen LogP contribution in [0.1, 0.15) is 15.9 Å². The Morgan fingerprint density at radius 3 is 2.60 bits per heavy atom. The summed E-state index contributed by atoms with van der Waals surface area (Å²) < 4.78 is 4.76. The molecule has 1 heterocycles. The average molecular weight is 392 g/mol. The van der Waals surface area contributed by atoms with Crippen LogP contribution < -0.4 is 4.72 Å². The Morgan fingerprint density at radius 1 is 1.16 bits per heavy atom. The molecule has 128 valence electrons. The Bertz CT molecular complexity index is 940. The van der Waals surface area contributed by atoms with Crippen molar-refractivity contribution >= 4 is 46.5 Å². The molecule has 0 radical (unpaired) electrons. The van der Waals surface area contributed by atoms with Gasteiger partial charge in [0.25, 0.3) is 0 Å². The van der Waals surface area contributed by atoms with Crippen molar-refractivity contribution in [1.82, 2.24) is 0 Å².